The first-order chi connectivity index (χ1) is 11.9. The van der Waals surface area contributed by atoms with Gasteiger partial charge in [0.1, 0.15) is 5.71 Å². The third-order valence-corrected chi connectivity index (χ3v) is 4.20. The van der Waals surface area contributed by atoms with Gasteiger partial charge < -0.3 is 4.84 Å². The number of hydrogen-bond acceptors (Lipinski definition) is 5. The highest BCUT2D eigenvalue weighted by molar-refractivity contribution is 6.21. The topological polar surface area (TPSA) is 81.8 Å². The van der Waals surface area contributed by atoms with Crippen LogP contribution in [0.25, 0.3) is 0 Å². The molecular formula is C18H15FN2O4. The van der Waals surface area contributed by atoms with Gasteiger partial charge in [-0.3, -0.25) is 10.1 Å². The van der Waals surface area contributed by atoms with E-state index in [-0.39, 0.29) is 5.71 Å². The minimum atomic E-state index is -2.73. The summed E-state index contributed by atoms with van der Waals surface area (Å²) in [6, 6.07) is 14.8. The average Bonchev–Trinajstić information content (AvgIpc) is 2.90. The van der Waals surface area contributed by atoms with Gasteiger partial charge in [0.2, 0.25) is 6.54 Å². The first-order valence-electron chi connectivity index (χ1n) is 7.65. The van der Waals surface area contributed by atoms with Crippen LogP contribution in [-0.2, 0) is 9.63 Å². The monoisotopic (exact) mass is 342 g/mol. The van der Waals surface area contributed by atoms with Crippen LogP contribution in [0.15, 0.2) is 59.8 Å². The minimum absolute atomic E-state index is 0.242. The van der Waals surface area contributed by atoms with Crippen molar-refractivity contribution in [2.45, 2.75) is 18.5 Å². The van der Waals surface area contributed by atoms with E-state index in [0.717, 1.165) is 5.56 Å². The van der Waals surface area contributed by atoms with Crippen molar-refractivity contribution in [2.24, 2.45) is 5.16 Å². The van der Waals surface area contributed by atoms with E-state index in [1.54, 1.807) is 54.6 Å². The van der Waals surface area contributed by atoms with Crippen LogP contribution in [0.1, 0.15) is 22.6 Å². The summed E-state index contributed by atoms with van der Waals surface area (Å²) in [6.45, 7) is 1.10. The molecule has 0 aliphatic carbocycles. The van der Waals surface area contributed by atoms with Crippen molar-refractivity contribution in [3.8, 4) is 0 Å². The molecule has 0 bridgehead atoms. The number of nitro groups is 1. The molecule has 7 heteroatoms. The van der Waals surface area contributed by atoms with Crippen molar-refractivity contribution < 1.29 is 18.9 Å². The zero-order valence-corrected chi connectivity index (χ0v) is 13.4. The Morgan fingerprint density at radius 3 is 2.44 bits per heavy atom. The van der Waals surface area contributed by atoms with E-state index in [4.69, 9.17) is 0 Å². The predicted molar refractivity (Wildman–Crippen MR) is 88.7 cm³/mol. The van der Waals surface area contributed by atoms with Gasteiger partial charge in [-0.15, -0.1) is 0 Å². The zero-order chi connectivity index (χ0) is 18.0. The summed E-state index contributed by atoms with van der Waals surface area (Å²) >= 11 is 0. The van der Waals surface area contributed by atoms with E-state index in [9.17, 15) is 14.9 Å². The molecule has 0 radical (unpaired) electrons. The van der Waals surface area contributed by atoms with E-state index >= 15 is 4.39 Å². The number of oxime groups is 1. The lowest BCUT2D eigenvalue weighted by atomic mass is 9.78. The molecule has 6 nitrogen and oxygen atoms in total. The maximum Gasteiger partial charge on any atom is 0.379 e. The van der Waals surface area contributed by atoms with E-state index in [2.05, 4.69) is 9.99 Å². The standard InChI is InChI=1S/C18H15FN2O4/c1-12-7-9-14(10-8-12)16-18(19,17(22)25-20-16)15(11-21(23)24)13-5-3-2-4-6-13/h2-10,15H,11H2,1H3. The van der Waals surface area contributed by atoms with Crippen molar-refractivity contribution in [1.82, 2.24) is 0 Å². The quantitative estimate of drug-likeness (QED) is 0.475. The van der Waals surface area contributed by atoms with Crippen LogP contribution in [0.3, 0.4) is 0 Å². The van der Waals surface area contributed by atoms with Crippen molar-refractivity contribution in [3.63, 3.8) is 0 Å². The Morgan fingerprint density at radius 1 is 1.20 bits per heavy atom. The van der Waals surface area contributed by atoms with Crippen LogP contribution in [-0.4, -0.2) is 28.8 Å². The molecule has 2 aromatic rings. The van der Waals surface area contributed by atoms with Crippen molar-refractivity contribution in [3.05, 3.63) is 81.4 Å². The molecular weight excluding hydrogens is 327 g/mol. The number of carbonyl (C=O) groups is 1. The van der Waals surface area contributed by atoms with Gasteiger partial charge in [0.25, 0.3) is 5.67 Å². The minimum Gasteiger partial charge on any atom is -0.314 e. The molecule has 1 aliphatic rings. The van der Waals surface area contributed by atoms with E-state index in [1.165, 1.54) is 0 Å². The molecule has 3 rings (SSSR count). The normalized spacial score (nSPS) is 20.7. The van der Waals surface area contributed by atoms with Crippen LogP contribution < -0.4 is 0 Å². The summed E-state index contributed by atoms with van der Waals surface area (Å²) in [5.41, 5.74) is -1.34. The van der Waals surface area contributed by atoms with E-state index < -0.39 is 29.0 Å². The molecule has 0 N–H and O–H groups in total. The summed E-state index contributed by atoms with van der Waals surface area (Å²) in [7, 11) is 0. The van der Waals surface area contributed by atoms with Gasteiger partial charge in [-0.2, -0.15) is 0 Å². The molecule has 0 fully saturated rings. The maximum absolute atomic E-state index is 16.0. The number of rotatable bonds is 5. The van der Waals surface area contributed by atoms with Gasteiger partial charge in [0, 0.05) is 10.5 Å². The Hall–Kier alpha value is -3.09. The Balaban J connectivity index is 2.10. The second-order valence-corrected chi connectivity index (χ2v) is 5.88. The second-order valence-electron chi connectivity index (χ2n) is 5.88. The summed E-state index contributed by atoms with van der Waals surface area (Å²) < 4.78 is 16.0. The SMILES string of the molecule is Cc1ccc(C2=NOC(=O)C2(F)C(C[N+](=O)[O-])c2ccccc2)cc1. The van der Waals surface area contributed by atoms with Crippen LogP contribution in [0.5, 0.6) is 0 Å². The lowest BCUT2D eigenvalue weighted by Crippen LogP contribution is -2.47. The molecule has 2 atom stereocenters. The fourth-order valence-corrected chi connectivity index (χ4v) is 2.89. The summed E-state index contributed by atoms with van der Waals surface area (Å²) in [5, 5.41) is 14.7. The number of nitrogens with zero attached hydrogens (tertiary/aromatic N) is 2. The number of aryl methyl sites for hydroxylation is 1. The highest BCUT2D eigenvalue weighted by Crippen LogP contribution is 2.40. The van der Waals surface area contributed by atoms with Crippen molar-refractivity contribution >= 4 is 11.7 Å². The molecule has 1 heterocycles. The van der Waals surface area contributed by atoms with Crippen LogP contribution in [0, 0.1) is 17.0 Å². The number of halogens is 1. The number of benzene rings is 2. The molecule has 0 spiro atoms. The maximum atomic E-state index is 16.0. The highest BCUT2D eigenvalue weighted by atomic mass is 19.1. The van der Waals surface area contributed by atoms with Gasteiger partial charge in [-0.1, -0.05) is 65.3 Å². The Bertz CT molecular complexity index is 836. The van der Waals surface area contributed by atoms with E-state index in [0.29, 0.717) is 11.1 Å². The summed E-state index contributed by atoms with van der Waals surface area (Å²) in [6.07, 6.45) is 0. The van der Waals surface area contributed by atoms with E-state index in [1.807, 2.05) is 6.92 Å². The zero-order valence-electron chi connectivity index (χ0n) is 13.4. The smallest absolute Gasteiger partial charge is 0.314 e. The predicted octanol–water partition coefficient (Wildman–Crippen LogP) is 3.02. The van der Waals surface area contributed by atoms with Crippen molar-refractivity contribution in [2.75, 3.05) is 6.54 Å². The number of hydrogen-bond donors (Lipinski definition) is 0. The lowest BCUT2D eigenvalue weighted by Gasteiger charge is -2.25. The molecule has 0 saturated heterocycles. The molecule has 0 saturated carbocycles. The summed E-state index contributed by atoms with van der Waals surface area (Å²) in [4.78, 5) is 27.3. The van der Waals surface area contributed by atoms with Crippen molar-refractivity contribution in [1.29, 1.82) is 0 Å². The lowest BCUT2D eigenvalue weighted by molar-refractivity contribution is -0.485. The molecule has 0 amide bonds. The van der Waals surface area contributed by atoms with Crippen LogP contribution in [0.2, 0.25) is 0 Å². The first-order valence-corrected chi connectivity index (χ1v) is 7.65. The van der Waals surface area contributed by atoms with Gasteiger partial charge in [0.15, 0.2) is 0 Å². The van der Waals surface area contributed by atoms with Gasteiger partial charge in [-0.05, 0) is 12.5 Å². The highest BCUT2D eigenvalue weighted by Gasteiger charge is 2.59. The third-order valence-electron chi connectivity index (χ3n) is 4.20. The Kier molecular flexibility index (Phi) is 4.31. The fraction of sp³-hybridized carbons (Fsp3) is 0.222. The molecule has 0 aromatic heterocycles. The molecule has 25 heavy (non-hydrogen) atoms. The molecule has 1 aliphatic heterocycles. The van der Waals surface area contributed by atoms with Gasteiger partial charge >= 0.3 is 5.97 Å². The largest absolute Gasteiger partial charge is 0.379 e. The van der Waals surface area contributed by atoms with Crippen LogP contribution >= 0.6 is 0 Å². The number of carbonyl (C=O) groups excluding carboxylic acids is 1. The second kappa shape index (κ2) is 6.43. The summed E-state index contributed by atoms with van der Waals surface area (Å²) in [5.74, 6) is -2.59. The number of alkyl halides is 1. The average molecular weight is 342 g/mol. The molecule has 128 valence electrons. The first kappa shape index (κ1) is 16.8. The van der Waals surface area contributed by atoms with Gasteiger partial charge in [-0.25, -0.2) is 9.18 Å². The molecule has 2 aromatic carbocycles. The van der Waals surface area contributed by atoms with Crippen LogP contribution in [0.4, 0.5) is 4.39 Å². The Labute approximate surface area is 143 Å². The third kappa shape index (κ3) is 3.00. The fourth-order valence-electron chi connectivity index (χ4n) is 2.89. The molecule has 2 unspecified atom stereocenters. The Morgan fingerprint density at radius 2 is 1.84 bits per heavy atom. The van der Waals surface area contributed by atoms with Gasteiger partial charge in [0.05, 0.1) is 5.92 Å².